The van der Waals surface area contributed by atoms with E-state index in [9.17, 15) is 9.59 Å². The Morgan fingerprint density at radius 1 is 1.44 bits per heavy atom. The van der Waals surface area contributed by atoms with Crippen molar-refractivity contribution < 1.29 is 9.21 Å². The number of hydrogen-bond donors (Lipinski definition) is 3. The van der Waals surface area contributed by atoms with E-state index in [-0.39, 0.29) is 18.3 Å². The van der Waals surface area contributed by atoms with E-state index < -0.39 is 11.3 Å². The molecule has 1 heterocycles. The highest BCUT2D eigenvalue weighted by Gasteiger charge is 2.45. The minimum absolute atomic E-state index is 0. The summed E-state index contributed by atoms with van der Waals surface area (Å²) < 4.78 is 4.86. The smallest absolute Gasteiger partial charge is 0.408 e. The summed E-state index contributed by atoms with van der Waals surface area (Å²) in [5, 5.41) is 2.72. The number of fused-ring (bicyclic) bond motifs is 1. The van der Waals surface area contributed by atoms with Crippen LogP contribution in [-0.4, -0.2) is 16.4 Å². The van der Waals surface area contributed by atoms with Gasteiger partial charge in [-0.2, -0.15) is 0 Å². The molecule has 96 valence electrons. The van der Waals surface area contributed by atoms with Crippen LogP contribution in [0.1, 0.15) is 12.8 Å². The van der Waals surface area contributed by atoms with Gasteiger partial charge < -0.3 is 15.5 Å². The van der Waals surface area contributed by atoms with E-state index in [1.54, 1.807) is 18.2 Å². The summed E-state index contributed by atoms with van der Waals surface area (Å²) in [6.45, 7) is 0. The van der Waals surface area contributed by atoms with Crippen molar-refractivity contribution in [3.63, 3.8) is 0 Å². The maximum Gasteiger partial charge on any atom is 0.417 e. The highest BCUT2D eigenvalue weighted by molar-refractivity contribution is 6.00. The summed E-state index contributed by atoms with van der Waals surface area (Å²) in [6.07, 6.45) is 1.42. The van der Waals surface area contributed by atoms with Crippen LogP contribution in [0.3, 0.4) is 0 Å². The second kappa shape index (κ2) is 4.15. The minimum atomic E-state index is -0.710. The number of anilines is 1. The molecule has 0 atom stereocenters. The molecule has 7 heteroatoms. The summed E-state index contributed by atoms with van der Waals surface area (Å²) in [4.78, 5) is 25.2. The van der Waals surface area contributed by atoms with Gasteiger partial charge in [-0.15, -0.1) is 12.4 Å². The number of nitrogens with one attached hydrogen (secondary N) is 2. The number of rotatable bonds is 2. The predicted molar refractivity (Wildman–Crippen MR) is 68.9 cm³/mol. The first kappa shape index (κ1) is 12.7. The van der Waals surface area contributed by atoms with Crippen LogP contribution in [0.15, 0.2) is 27.4 Å². The van der Waals surface area contributed by atoms with E-state index in [1.165, 1.54) is 0 Å². The third-order valence-electron chi connectivity index (χ3n) is 2.92. The molecule has 1 amide bonds. The van der Waals surface area contributed by atoms with Gasteiger partial charge in [0, 0.05) is 5.69 Å². The largest absolute Gasteiger partial charge is 0.417 e. The maximum atomic E-state index is 11.7. The van der Waals surface area contributed by atoms with Crippen molar-refractivity contribution in [2.45, 2.75) is 18.4 Å². The number of oxazole rings is 1. The molecule has 4 N–H and O–H groups in total. The Hall–Kier alpha value is -1.79. The minimum Gasteiger partial charge on any atom is -0.408 e. The molecule has 3 rings (SSSR count). The van der Waals surface area contributed by atoms with Crippen LogP contribution in [0.5, 0.6) is 0 Å². The van der Waals surface area contributed by atoms with E-state index in [0.29, 0.717) is 29.6 Å². The van der Waals surface area contributed by atoms with Gasteiger partial charge in [0.05, 0.1) is 11.1 Å². The highest BCUT2D eigenvalue weighted by Crippen LogP contribution is 2.33. The molecule has 1 fully saturated rings. The third-order valence-corrected chi connectivity index (χ3v) is 2.92. The molecule has 18 heavy (non-hydrogen) atoms. The number of benzene rings is 1. The lowest BCUT2D eigenvalue weighted by molar-refractivity contribution is -0.118. The van der Waals surface area contributed by atoms with Crippen molar-refractivity contribution in [1.82, 2.24) is 4.98 Å². The van der Waals surface area contributed by atoms with E-state index in [2.05, 4.69) is 10.3 Å². The second-order valence-electron chi connectivity index (χ2n) is 4.34. The lowest BCUT2D eigenvalue weighted by atomic mass is 10.2. The van der Waals surface area contributed by atoms with Crippen molar-refractivity contribution >= 4 is 35.1 Å². The van der Waals surface area contributed by atoms with Gasteiger partial charge in [-0.25, -0.2) is 4.79 Å². The Morgan fingerprint density at radius 3 is 2.83 bits per heavy atom. The van der Waals surface area contributed by atoms with Crippen molar-refractivity contribution in [3.05, 3.63) is 28.7 Å². The molecule has 0 saturated heterocycles. The fourth-order valence-electron chi connectivity index (χ4n) is 1.65. The Bertz CT molecular complexity index is 657. The molecule has 1 aliphatic carbocycles. The fraction of sp³-hybridized carbons (Fsp3) is 0.273. The predicted octanol–water partition coefficient (Wildman–Crippen LogP) is 0.973. The Balaban J connectivity index is 0.00000120. The van der Waals surface area contributed by atoms with E-state index in [0.717, 1.165) is 0 Å². The van der Waals surface area contributed by atoms with Crippen LogP contribution in [0.4, 0.5) is 5.69 Å². The Morgan fingerprint density at radius 2 is 2.17 bits per heavy atom. The quantitative estimate of drug-likeness (QED) is 0.756. The molecule has 0 aliphatic heterocycles. The van der Waals surface area contributed by atoms with E-state index in [4.69, 9.17) is 10.2 Å². The van der Waals surface area contributed by atoms with Gasteiger partial charge in [-0.3, -0.25) is 9.78 Å². The van der Waals surface area contributed by atoms with Crippen LogP contribution in [0, 0.1) is 0 Å². The number of aromatic amines is 1. The molecule has 0 bridgehead atoms. The molecule has 0 spiro atoms. The summed E-state index contributed by atoms with van der Waals surface area (Å²) in [6, 6.07) is 4.94. The van der Waals surface area contributed by atoms with Gasteiger partial charge >= 0.3 is 5.76 Å². The number of carbonyl (C=O) groups is 1. The number of hydrogen-bond acceptors (Lipinski definition) is 4. The standard InChI is InChI=1S/C11H11N3O3.ClH/c12-11(3-4-11)9(15)13-6-1-2-8-7(5-6)14-10(16)17-8;/h1-2,5H,3-4,12H2,(H,13,15)(H,14,16);1H. The number of carbonyl (C=O) groups excluding carboxylic acids is 1. The van der Waals surface area contributed by atoms with Crippen LogP contribution in [0.25, 0.3) is 11.1 Å². The van der Waals surface area contributed by atoms with Crippen molar-refractivity contribution in [3.8, 4) is 0 Å². The molecule has 6 nitrogen and oxygen atoms in total. The first-order valence-electron chi connectivity index (χ1n) is 5.30. The van der Waals surface area contributed by atoms with E-state index in [1.807, 2.05) is 0 Å². The molecule has 1 aromatic heterocycles. The SMILES string of the molecule is Cl.NC1(C(=O)Nc2ccc3oc(=O)[nH]c3c2)CC1. The number of amides is 1. The zero-order chi connectivity index (χ0) is 12.0. The van der Waals surface area contributed by atoms with Gasteiger partial charge in [0.25, 0.3) is 0 Å². The normalized spacial score (nSPS) is 16.1. The van der Waals surface area contributed by atoms with Crippen LogP contribution in [0.2, 0.25) is 0 Å². The van der Waals surface area contributed by atoms with Crippen LogP contribution >= 0.6 is 12.4 Å². The molecular weight excluding hydrogens is 258 g/mol. The van der Waals surface area contributed by atoms with E-state index >= 15 is 0 Å². The van der Waals surface area contributed by atoms with Gasteiger partial charge in [-0.1, -0.05) is 0 Å². The average Bonchev–Trinajstić information content (AvgIpc) is 2.91. The number of nitrogens with two attached hydrogens (primary N) is 1. The van der Waals surface area contributed by atoms with Crippen LogP contribution in [-0.2, 0) is 4.79 Å². The highest BCUT2D eigenvalue weighted by atomic mass is 35.5. The molecule has 1 saturated carbocycles. The molecule has 0 unspecified atom stereocenters. The lowest BCUT2D eigenvalue weighted by Crippen LogP contribution is -2.37. The summed E-state index contributed by atoms with van der Waals surface area (Å²) in [5.41, 5.74) is 6.66. The van der Waals surface area contributed by atoms with Crippen molar-refractivity contribution in [2.24, 2.45) is 5.73 Å². The first-order chi connectivity index (χ1) is 8.07. The zero-order valence-electron chi connectivity index (χ0n) is 9.36. The maximum absolute atomic E-state index is 11.7. The van der Waals surface area contributed by atoms with Gasteiger partial charge in [0.1, 0.15) is 0 Å². The van der Waals surface area contributed by atoms with Crippen molar-refractivity contribution in [2.75, 3.05) is 5.32 Å². The molecule has 1 aromatic carbocycles. The molecule has 2 aromatic rings. The lowest BCUT2D eigenvalue weighted by Gasteiger charge is -2.09. The van der Waals surface area contributed by atoms with Crippen LogP contribution < -0.4 is 16.8 Å². The monoisotopic (exact) mass is 269 g/mol. The van der Waals surface area contributed by atoms with Gasteiger partial charge in [-0.05, 0) is 31.0 Å². The second-order valence-corrected chi connectivity index (χ2v) is 4.34. The van der Waals surface area contributed by atoms with Gasteiger partial charge in [0.15, 0.2) is 5.58 Å². The van der Waals surface area contributed by atoms with Crippen molar-refractivity contribution in [1.29, 1.82) is 0 Å². The average molecular weight is 270 g/mol. The summed E-state index contributed by atoms with van der Waals surface area (Å²) in [5.74, 6) is -0.705. The molecule has 0 radical (unpaired) electrons. The first-order valence-corrected chi connectivity index (χ1v) is 5.30. The molecular formula is C11H12ClN3O3. The third kappa shape index (κ3) is 2.12. The Labute approximate surface area is 108 Å². The van der Waals surface area contributed by atoms with Gasteiger partial charge in [0.2, 0.25) is 5.91 Å². The topological polar surface area (TPSA) is 101 Å². The number of halogens is 1. The summed E-state index contributed by atoms with van der Waals surface area (Å²) in [7, 11) is 0. The number of aromatic nitrogens is 1. The molecule has 1 aliphatic rings. The zero-order valence-corrected chi connectivity index (χ0v) is 10.2. The fourth-order valence-corrected chi connectivity index (χ4v) is 1.65. The Kier molecular flexibility index (Phi) is 2.92. The number of H-pyrrole nitrogens is 1. The summed E-state index contributed by atoms with van der Waals surface area (Å²) >= 11 is 0.